The Hall–Kier alpha value is -3.39. The predicted molar refractivity (Wildman–Crippen MR) is 127 cm³/mol. The highest BCUT2D eigenvalue weighted by Crippen LogP contribution is 2.39. The minimum absolute atomic E-state index is 0.242. The van der Waals surface area contributed by atoms with Crippen molar-refractivity contribution in [2.24, 2.45) is 0 Å². The van der Waals surface area contributed by atoms with Crippen molar-refractivity contribution in [3.63, 3.8) is 0 Å². The topological polar surface area (TPSA) is 74.6 Å². The van der Waals surface area contributed by atoms with Gasteiger partial charge in [0.2, 0.25) is 11.7 Å². The number of carbonyl (C=O) groups is 1. The minimum Gasteiger partial charge on any atom is -0.493 e. The third-order valence-electron chi connectivity index (χ3n) is 5.25. The Morgan fingerprint density at radius 2 is 1.81 bits per heavy atom. The Morgan fingerprint density at radius 1 is 1.09 bits per heavy atom. The van der Waals surface area contributed by atoms with E-state index in [2.05, 4.69) is 5.32 Å². The molecule has 0 atom stereocenters. The molecule has 166 valence electrons. The summed E-state index contributed by atoms with van der Waals surface area (Å²) in [5, 5.41) is 7.81. The number of hydrogen-bond acceptors (Lipinski definition) is 6. The maximum Gasteiger partial charge on any atom is 0.249 e. The third-order valence-corrected chi connectivity index (χ3v) is 6.22. The molecule has 1 aliphatic rings. The normalized spacial score (nSPS) is 12.6. The van der Waals surface area contributed by atoms with Gasteiger partial charge in [0.25, 0.3) is 0 Å². The minimum atomic E-state index is -0.242. The van der Waals surface area contributed by atoms with E-state index in [-0.39, 0.29) is 5.91 Å². The molecule has 1 aliphatic heterocycles. The fourth-order valence-electron chi connectivity index (χ4n) is 3.64. The van der Waals surface area contributed by atoms with Crippen LogP contribution in [0.15, 0.2) is 42.5 Å². The van der Waals surface area contributed by atoms with Gasteiger partial charge in [-0.3, -0.25) is 4.79 Å². The van der Waals surface area contributed by atoms with Crippen LogP contribution >= 0.6 is 11.8 Å². The number of methoxy groups -OCH3 is 3. The SMILES string of the molecule is COc1cc(/C=C/C(=O)Nc2c3c(nn2-c2ccccc2C)CSC3)cc(OC)c1OC. The number of para-hydroxylation sites is 1. The molecule has 0 radical (unpaired) electrons. The van der Waals surface area contributed by atoms with Crippen molar-refractivity contribution in [2.45, 2.75) is 18.4 Å². The summed E-state index contributed by atoms with van der Waals surface area (Å²) in [6.45, 7) is 2.03. The Kier molecular flexibility index (Phi) is 6.41. The van der Waals surface area contributed by atoms with Gasteiger partial charge in [-0.25, -0.2) is 4.68 Å². The largest absolute Gasteiger partial charge is 0.493 e. The van der Waals surface area contributed by atoms with Crippen LogP contribution in [0, 0.1) is 6.92 Å². The van der Waals surface area contributed by atoms with E-state index in [0.29, 0.717) is 17.2 Å². The molecule has 0 spiro atoms. The first kappa shape index (κ1) is 21.8. The van der Waals surface area contributed by atoms with Crippen molar-refractivity contribution in [2.75, 3.05) is 26.6 Å². The second-order valence-electron chi connectivity index (χ2n) is 7.25. The molecule has 1 N–H and O–H groups in total. The summed E-state index contributed by atoms with van der Waals surface area (Å²) < 4.78 is 18.0. The molecule has 4 rings (SSSR count). The van der Waals surface area contributed by atoms with Gasteiger partial charge in [0.15, 0.2) is 11.5 Å². The van der Waals surface area contributed by atoms with E-state index in [4.69, 9.17) is 19.3 Å². The second-order valence-corrected chi connectivity index (χ2v) is 8.23. The zero-order chi connectivity index (χ0) is 22.7. The Morgan fingerprint density at radius 3 is 2.47 bits per heavy atom. The molecule has 0 saturated heterocycles. The van der Waals surface area contributed by atoms with Gasteiger partial charge in [-0.05, 0) is 42.3 Å². The molecule has 1 aromatic heterocycles. The number of nitrogens with one attached hydrogen (secondary N) is 1. The molecular formula is C24H25N3O4S. The third kappa shape index (κ3) is 4.18. The molecule has 2 heterocycles. The van der Waals surface area contributed by atoms with Crippen LogP contribution in [0.25, 0.3) is 11.8 Å². The van der Waals surface area contributed by atoms with E-state index in [9.17, 15) is 4.79 Å². The van der Waals surface area contributed by atoms with E-state index < -0.39 is 0 Å². The number of fused-ring (bicyclic) bond motifs is 1. The highest BCUT2D eigenvalue weighted by atomic mass is 32.2. The number of anilines is 1. The van der Waals surface area contributed by atoms with Crippen molar-refractivity contribution >= 4 is 29.6 Å². The van der Waals surface area contributed by atoms with Gasteiger partial charge in [-0.15, -0.1) is 0 Å². The van der Waals surface area contributed by atoms with Crippen LogP contribution in [0.5, 0.6) is 17.2 Å². The predicted octanol–water partition coefficient (Wildman–Crippen LogP) is 4.61. The lowest BCUT2D eigenvalue weighted by Crippen LogP contribution is -2.14. The number of nitrogens with zero attached hydrogens (tertiary/aromatic N) is 2. The fraction of sp³-hybridized carbons (Fsp3) is 0.250. The molecule has 7 nitrogen and oxygen atoms in total. The summed E-state index contributed by atoms with van der Waals surface area (Å²) in [4.78, 5) is 12.9. The number of rotatable bonds is 7. The van der Waals surface area contributed by atoms with Gasteiger partial charge in [-0.2, -0.15) is 16.9 Å². The van der Waals surface area contributed by atoms with Gasteiger partial charge in [-0.1, -0.05) is 18.2 Å². The van der Waals surface area contributed by atoms with E-state index >= 15 is 0 Å². The van der Waals surface area contributed by atoms with Crippen LogP contribution in [0.3, 0.4) is 0 Å². The molecule has 0 saturated carbocycles. The molecule has 2 aromatic carbocycles. The lowest BCUT2D eigenvalue weighted by atomic mass is 10.1. The highest BCUT2D eigenvalue weighted by molar-refractivity contribution is 7.98. The summed E-state index contributed by atoms with van der Waals surface area (Å²) in [6.07, 6.45) is 3.20. The van der Waals surface area contributed by atoms with Crippen molar-refractivity contribution in [3.8, 4) is 22.9 Å². The van der Waals surface area contributed by atoms with Gasteiger partial charge in [0, 0.05) is 23.1 Å². The first-order valence-corrected chi connectivity index (χ1v) is 11.2. The summed E-state index contributed by atoms with van der Waals surface area (Å²) in [6, 6.07) is 11.6. The van der Waals surface area contributed by atoms with Crippen LogP contribution in [-0.2, 0) is 16.3 Å². The summed E-state index contributed by atoms with van der Waals surface area (Å²) in [7, 11) is 4.67. The highest BCUT2D eigenvalue weighted by Gasteiger charge is 2.24. The molecule has 8 heteroatoms. The maximum absolute atomic E-state index is 12.9. The molecule has 3 aromatic rings. The average molecular weight is 452 g/mol. The lowest BCUT2D eigenvalue weighted by Gasteiger charge is -2.13. The van der Waals surface area contributed by atoms with Crippen LogP contribution in [0.1, 0.15) is 22.4 Å². The molecule has 0 fully saturated rings. The van der Waals surface area contributed by atoms with Crippen LogP contribution in [-0.4, -0.2) is 37.0 Å². The van der Waals surface area contributed by atoms with E-state index in [1.165, 1.54) is 6.08 Å². The lowest BCUT2D eigenvalue weighted by molar-refractivity contribution is -0.111. The molecular weight excluding hydrogens is 426 g/mol. The van der Waals surface area contributed by atoms with Crippen molar-refractivity contribution in [1.82, 2.24) is 9.78 Å². The number of benzene rings is 2. The second kappa shape index (κ2) is 9.40. The zero-order valence-corrected chi connectivity index (χ0v) is 19.3. The van der Waals surface area contributed by atoms with Gasteiger partial charge in [0.05, 0.1) is 32.7 Å². The van der Waals surface area contributed by atoms with E-state index in [0.717, 1.165) is 45.4 Å². The Labute approximate surface area is 191 Å². The molecule has 1 amide bonds. The van der Waals surface area contributed by atoms with E-state index in [1.807, 2.05) is 35.9 Å². The van der Waals surface area contributed by atoms with Crippen molar-refractivity contribution < 1.29 is 19.0 Å². The summed E-state index contributed by atoms with van der Waals surface area (Å²) >= 11 is 1.80. The van der Waals surface area contributed by atoms with Crippen LogP contribution < -0.4 is 19.5 Å². The van der Waals surface area contributed by atoms with Gasteiger partial charge < -0.3 is 19.5 Å². The summed E-state index contributed by atoms with van der Waals surface area (Å²) in [5.74, 6) is 3.71. The number of amides is 1. The molecule has 32 heavy (non-hydrogen) atoms. The van der Waals surface area contributed by atoms with Crippen molar-refractivity contribution in [3.05, 3.63) is 64.9 Å². The number of aromatic nitrogens is 2. The van der Waals surface area contributed by atoms with Gasteiger partial charge >= 0.3 is 0 Å². The van der Waals surface area contributed by atoms with Crippen molar-refractivity contribution in [1.29, 1.82) is 0 Å². The van der Waals surface area contributed by atoms with Gasteiger partial charge in [0.1, 0.15) is 5.82 Å². The first-order chi connectivity index (χ1) is 15.5. The number of hydrogen-bond donors (Lipinski definition) is 1. The Bertz CT molecular complexity index is 1160. The van der Waals surface area contributed by atoms with E-state index in [1.54, 1.807) is 51.3 Å². The van der Waals surface area contributed by atoms with Crippen LogP contribution in [0.4, 0.5) is 5.82 Å². The molecule has 0 aliphatic carbocycles. The number of ether oxygens (including phenoxy) is 3. The Balaban J connectivity index is 1.62. The molecule has 0 bridgehead atoms. The maximum atomic E-state index is 12.9. The number of carbonyl (C=O) groups excluding carboxylic acids is 1. The first-order valence-electron chi connectivity index (χ1n) is 10.1. The summed E-state index contributed by atoms with van der Waals surface area (Å²) in [5.41, 5.74) is 4.89. The van der Waals surface area contributed by atoms with Crippen LogP contribution in [0.2, 0.25) is 0 Å². The quantitative estimate of drug-likeness (QED) is 0.529. The zero-order valence-electron chi connectivity index (χ0n) is 18.5. The fourth-order valence-corrected chi connectivity index (χ4v) is 4.68. The smallest absolute Gasteiger partial charge is 0.249 e. The number of aryl methyl sites for hydroxylation is 1. The number of thioether (sulfide) groups is 1. The molecule has 0 unspecified atom stereocenters. The standard InChI is InChI=1S/C24H25N3O4S/c1-15-7-5-6-8-19(15)27-24(17-13-32-14-18(17)26-27)25-22(28)10-9-16-11-20(29-2)23(31-4)21(12-16)30-3/h5-12H,13-14H2,1-4H3,(H,25,28)/b10-9+. The average Bonchev–Trinajstić information content (AvgIpc) is 3.39. The monoisotopic (exact) mass is 451 g/mol.